The Morgan fingerprint density at radius 3 is 1.88 bits per heavy atom. The molecule has 0 aliphatic heterocycles. The van der Waals surface area contributed by atoms with E-state index in [2.05, 4.69) is 15.9 Å². The van der Waals surface area contributed by atoms with Crippen molar-refractivity contribution in [3.8, 4) is 11.5 Å². The maximum atomic E-state index is 11.9. The summed E-state index contributed by atoms with van der Waals surface area (Å²) in [5.41, 5.74) is -1.15. The predicted octanol–water partition coefficient (Wildman–Crippen LogP) is 4.57. The normalized spacial score (nSPS) is 11.7. The molecule has 0 fully saturated rings. The van der Waals surface area contributed by atoms with Crippen LogP contribution in [-0.4, -0.2) is 28.6 Å². The summed E-state index contributed by atoms with van der Waals surface area (Å²) in [4.78, 5) is 23.7. The van der Waals surface area contributed by atoms with E-state index in [1.54, 1.807) is 41.5 Å². The first-order valence-electron chi connectivity index (χ1n) is 7.56. The lowest BCUT2D eigenvalue weighted by Gasteiger charge is -2.21. The first kappa shape index (κ1) is 21.2. The summed E-state index contributed by atoms with van der Waals surface area (Å²) < 4.78 is 20.6. The van der Waals surface area contributed by atoms with Crippen molar-refractivity contribution in [2.75, 3.05) is 0 Å². The maximum Gasteiger partial charge on any atom is 0.514 e. The van der Waals surface area contributed by atoms with Gasteiger partial charge in [-0.1, -0.05) is 0 Å². The van der Waals surface area contributed by atoms with Crippen molar-refractivity contribution in [3.05, 3.63) is 22.2 Å². The van der Waals surface area contributed by atoms with Gasteiger partial charge in [-0.15, -0.1) is 0 Å². The fraction of sp³-hybridized carbons (Fsp3) is 0.529. The van der Waals surface area contributed by atoms with Crippen LogP contribution < -0.4 is 9.47 Å². The van der Waals surface area contributed by atoms with Crippen LogP contribution in [0.3, 0.4) is 0 Å². The zero-order valence-electron chi connectivity index (χ0n) is 15.1. The Kier molecular flexibility index (Phi) is 6.84. The second kappa shape index (κ2) is 8.05. The molecule has 0 aliphatic carbocycles. The van der Waals surface area contributed by atoms with Gasteiger partial charge in [0.15, 0.2) is 11.5 Å². The van der Waals surface area contributed by atoms with E-state index in [1.807, 2.05) is 0 Å². The van der Waals surface area contributed by atoms with E-state index in [0.29, 0.717) is 5.56 Å². The molecule has 0 unspecified atom stereocenters. The zero-order chi connectivity index (χ0) is 19.4. The van der Waals surface area contributed by atoms with E-state index in [0.717, 1.165) is 0 Å². The highest BCUT2D eigenvalue weighted by Crippen LogP contribution is 2.38. The van der Waals surface area contributed by atoms with Gasteiger partial charge in [-0.25, -0.2) is 9.59 Å². The van der Waals surface area contributed by atoms with E-state index in [9.17, 15) is 14.7 Å². The van der Waals surface area contributed by atoms with E-state index in [1.165, 1.54) is 12.1 Å². The van der Waals surface area contributed by atoms with Crippen LogP contribution >= 0.6 is 15.9 Å². The topological polar surface area (TPSA) is 91.3 Å². The summed E-state index contributed by atoms with van der Waals surface area (Å²) in [6.07, 6.45) is -1.86. The molecule has 7 nitrogen and oxygen atoms in total. The van der Waals surface area contributed by atoms with Gasteiger partial charge in [0.1, 0.15) is 15.7 Å². The summed E-state index contributed by atoms with van der Waals surface area (Å²) in [5.74, 6) is 0.0721. The van der Waals surface area contributed by atoms with Crippen molar-refractivity contribution in [2.24, 2.45) is 0 Å². The smallest absolute Gasteiger partial charge is 0.428 e. The Balaban J connectivity index is 3.04. The molecule has 1 N–H and O–H groups in total. The summed E-state index contributed by atoms with van der Waals surface area (Å²) in [5, 5.41) is 9.43. The summed E-state index contributed by atoms with van der Waals surface area (Å²) in [6.45, 7) is 9.80. The van der Waals surface area contributed by atoms with Crippen molar-refractivity contribution >= 4 is 28.2 Å². The molecule has 0 amide bonds. The fourth-order valence-corrected chi connectivity index (χ4v) is 2.16. The number of aliphatic hydroxyl groups excluding tert-OH is 1. The van der Waals surface area contributed by atoms with Gasteiger partial charge in [-0.3, -0.25) is 0 Å². The molecule has 0 aliphatic rings. The van der Waals surface area contributed by atoms with Crippen LogP contribution in [0.1, 0.15) is 47.1 Å². The van der Waals surface area contributed by atoms with Crippen LogP contribution in [0, 0.1) is 0 Å². The molecule has 1 aromatic rings. The zero-order valence-corrected chi connectivity index (χ0v) is 16.7. The highest BCUT2D eigenvalue weighted by atomic mass is 79.9. The molecule has 1 rings (SSSR count). The molecule has 0 saturated carbocycles. The maximum absolute atomic E-state index is 11.9. The van der Waals surface area contributed by atoms with Crippen molar-refractivity contribution in [1.29, 1.82) is 0 Å². The van der Waals surface area contributed by atoms with Gasteiger partial charge in [0.25, 0.3) is 0 Å². The first-order valence-corrected chi connectivity index (χ1v) is 8.35. The second-order valence-corrected chi connectivity index (χ2v) is 7.95. The lowest BCUT2D eigenvalue weighted by molar-refractivity contribution is 0.0198. The summed E-state index contributed by atoms with van der Waals surface area (Å²) in [7, 11) is 0. The third kappa shape index (κ3) is 7.31. The van der Waals surface area contributed by atoms with Crippen LogP contribution in [0.5, 0.6) is 11.5 Å². The molecule has 0 atom stereocenters. The number of carbonyl (C=O) groups is 2. The fourth-order valence-electron chi connectivity index (χ4n) is 1.61. The Bertz CT molecular complexity index is 642. The quantitative estimate of drug-likeness (QED) is 0.567. The van der Waals surface area contributed by atoms with Crippen molar-refractivity contribution < 1.29 is 33.6 Å². The third-order valence-corrected chi connectivity index (χ3v) is 3.22. The molecule has 25 heavy (non-hydrogen) atoms. The largest absolute Gasteiger partial charge is 0.514 e. The Labute approximate surface area is 155 Å². The Morgan fingerprint density at radius 1 is 0.960 bits per heavy atom. The molecule has 0 aromatic heterocycles. The predicted molar refractivity (Wildman–Crippen MR) is 93.8 cm³/mol. The number of aliphatic hydroxyl groups is 1. The van der Waals surface area contributed by atoms with Gasteiger partial charge in [0.2, 0.25) is 0 Å². The van der Waals surface area contributed by atoms with E-state index in [-0.39, 0.29) is 22.6 Å². The Morgan fingerprint density at radius 2 is 1.44 bits per heavy atom. The van der Waals surface area contributed by atoms with E-state index >= 15 is 0 Å². The number of benzene rings is 1. The van der Waals surface area contributed by atoms with Gasteiger partial charge in [-0.2, -0.15) is 0 Å². The summed E-state index contributed by atoms with van der Waals surface area (Å²) in [6, 6.07) is 2.91. The minimum Gasteiger partial charge on any atom is -0.428 e. The standard InChI is InChI=1S/C17H23BrO7/c1-16(2,3)24-14(20)22-11-8-7-10(9-19)13(12(11)18)23-15(21)25-17(4,5)6/h7-8,19H,9H2,1-6H3. The molecule has 0 heterocycles. The van der Waals surface area contributed by atoms with Crippen LogP contribution in [-0.2, 0) is 16.1 Å². The molecule has 8 heteroatoms. The minimum atomic E-state index is -0.947. The lowest BCUT2D eigenvalue weighted by Crippen LogP contribution is -2.27. The molecular formula is C17H23BrO7. The molecule has 0 radical (unpaired) electrons. The minimum absolute atomic E-state index is 0.00203. The molecule has 0 spiro atoms. The van der Waals surface area contributed by atoms with Crippen molar-refractivity contribution in [3.63, 3.8) is 0 Å². The first-order chi connectivity index (χ1) is 11.3. The SMILES string of the molecule is CC(C)(C)OC(=O)Oc1ccc(CO)c(OC(=O)OC(C)(C)C)c1Br. The number of hydrogen-bond donors (Lipinski definition) is 1. The van der Waals surface area contributed by atoms with Gasteiger partial charge >= 0.3 is 12.3 Å². The molecule has 1 aromatic carbocycles. The lowest BCUT2D eigenvalue weighted by atomic mass is 10.2. The van der Waals surface area contributed by atoms with Gasteiger partial charge < -0.3 is 24.1 Å². The van der Waals surface area contributed by atoms with Gasteiger partial charge in [-0.05, 0) is 69.6 Å². The number of ether oxygens (including phenoxy) is 4. The highest BCUT2D eigenvalue weighted by molar-refractivity contribution is 9.10. The third-order valence-electron chi connectivity index (χ3n) is 2.47. The molecule has 0 bridgehead atoms. The highest BCUT2D eigenvalue weighted by Gasteiger charge is 2.24. The number of carbonyl (C=O) groups excluding carboxylic acids is 2. The summed E-state index contributed by atoms with van der Waals surface area (Å²) >= 11 is 3.21. The monoisotopic (exact) mass is 418 g/mol. The van der Waals surface area contributed by atoms with Crippen molar-refractivity contribution in [2.45, 2.75) is 59.4 Å². The van der Waals surface area contributed by atoms with Crippen molar-refractivity contribution in [1.82, 2.24) is 0 Å². The van der Waals surface area contributed by atoms with Crippen LogP contribution in [0.2, 0.25) is 0 Å². The van der Waals surface area contributed by atoms with E-state index in [4.69, 9.17) is 18.9 Å². The average Bonchev–Trinajstić information content (AvgIpc) is 2.39. The number of halogens is 1. The molecule has 0 saturated heterocycles. The van der Waals surface area contributed by atoms with E-state index < -0.39 is 23.5 Å². The van der Waals surface area contributed by atoms with Crippen LogP contribution in [0.25, 0.3) is 0 Å². The average molecular weight is 419 g/mol. The van der Waals surface area contributed by atoms with Gasteiger partial charge in [0.05, 0.1) is 6.61 Å². The molecular weight excluding hydrogens is 396 g/mol. The second-order valence-electron chi connectivity index (χ2n) is 7.16. The van der Waals surface area contributed by atoms with Gasteiger partial charge in [0, 0.05) is 5.56 Å². The Hall–Kier alpha value is -1.80. The number of rotatable bonds is 3. The van der Waals surface area contributed by atoms with Crippen LogP contribution in [0.15, 0.2) is 16.6 Å². The van der Waals surface area contributed by atoms with Crippen LogP contribution in [0.4, 0.5) is 9.59 Å². The number of hydrogen-bond acceptors (Lipinski definition) is 7. The molecule has 140 valence electrons.